The maximum Gasteiger partial charge on any atom is 0.328 e. The molecule has 0 aliphatic carbocycles. The van der Waals surface area contributed by atoms with E-state index in [1.807, 2.05) is 24.4 Å². The molecule has 0 radical (unpaired) electrons. The van der Waals surface area contributed by atoms with Crippen molar-refractivity contribution < 1.29 is 4.79 Å². The Balaban J connectivity index is 1.93. The van der Waals surface area contributed by atoms with E-state index >= 15 is 0 Å². The summed E-state index contributed by atoms with van der Waals surface area (Å²) in [6.07, 6.45) is 5.05. The molecule has 4 aromatic rings. The number of amides is 1. The summed E-state index contributed by atoms with van der Waals surface area (Å²) >= 11 is 0. The van der Waals surface area contributed by atoms with E-state index in [0.29, 0.717) is 17.0 Å². The van der Waals surface area contributed by atoms with Crippen molar-refractivity contribution in [3.8, 4) is 11.4 Å². The number of imidazole rings is 1. The zero-order valence-electron chi connectivity index (χ0n) is 13.6. The summed E-state index contributed by atoms with van der Waals surface area (Å²) in [5.74, 6) is 0.157. The van der Waals surface area contributed by atoms with Crippen LogP contribution < -0.4 is 11.0 Å². The van der Waals surface area contributed by atoms with Crippen molar-refractivity contribution in [2.75, 3.05) is 7.05 Å². The second-order valence-corrected chi connectivity index (χ2v) is 5.61. The average molecular weight is 337 g/mol. The number of aromatic amines is 1. The Bertz CT molecular complexity index is 1150. The van der Waals surface area contributed by atoms with Gasteiger partial charge in [-0.05, 0) is 19.1 Å². The Morgan fingerprint density at radius 1 is 1.32 bits per heavy atom. The number of rotatable bonds is 3. The third-order valence-electron chi connectivity index (χ3n) is 4.14. The molecule has 0 unspecified atom stereocenters. The summed E-state index contributed by atoms with van der Waals surface area (Å²) in [4.78, 5) is 35.7. The molecule has 0 bridgehead atoms. The van der Waals surface area contributed by atoms with Gasteiger partial charge in [0.05, 0.1) is 23.5 Å². The highest BCUT2D eigenvalue weighted by atomic mass is 16.2. The summed E-state index contributed by atoms with van der Waals surface area (Å²) in [7, 11) is 1.53. The number of fused-ring (bicyclic) bond motifs is 2. The normalized spacial score (nSPS) is 12.6. The summed E-state index contributed by atoms with van der Waals surface area (Å²) in [5, 5.41) is 6.82. The molecule has 2 N–H and O–H groups in total. The smallest absolute Gasteiger partial charge is 0.328 e. The summed E-state index contributed by atoms with van der Waals surface area (Å²) in [6.45, 7) is 1.64. The van der Waals surface area contributed by atoms with Crippen LogP contribution >= 0.6 is 0 Å². The van der Waals surface area contributed by atoms with Crippen molar-refractivity contribution in [3.63, 3.8) is 0 Å². The van der Waals surface area contributed by atoms with Crippen molar-refractivity contribution in [3.05, 3.63) is 47.3 Å². The molecule has 0 spiro atoms. The number of carbonyl (C=O) groups excluding carboxylic acids is 1. The maximum atomic E-state index is 12.3. The molecule has 1 amide bonds. The van der Waals surface area contributed by atoms with Crippen LogP contribution in [0.25, 0.3) is 28.1 Å². The number of hydrogen-bond donors (Lipinski definition) is 2. The molecule has 0 aromatic carbocycles. The summed E-state index contributed by atoms with van der Waals surface area (Å²) in [5.41, 5.74) is 2.04. The molecule has 1 atom stereocenters. The first-order valence-corrected chi connectivity index (χ1v) is 7.71. The SMILES string of the molecule is CNC(=O)[C@H](C)n1c(=O)[nH]c2cnc(-c3cnn4ccccc34)nc21. The van der Waals surface area contributed by atoms with Crippen LogP contribution in [0.4, 0.5) is 0 Å². The third kappa shape index (κ3) is 2.28. The number of aromatic nitrogens is 6. The van der Waals surface area contributed by atoms with E-state index in [2.05, 4.69) is 25.4 Å². The van der Waals surface area contributed by atoms with Gasteiger partial charge in [-0.15, -0.1) is 0 Å². The first-order chi connectivity index (χ1) is 12.1. The second kappa shape index (κ2) is 5.55. The van der Waals surface area contributed by atoms with Gasteiger partial charge >= 0.3 is 5.69 Å². The van der Waals surface area contributed by atoms with Crippen molar-refractivity contribution >= 4 is 22.6 Å². The lowest BCUT2D eigenvalue weighted by Gasteiger charge is -2.11. The fourth-order valence-corrected chi connectivity index (χ4v) is 2.84. The van der Waals surface area contributed by atoms with Crippen LogP contribution in [0.1, 0.15) is 13.0 Å². The van der Waals surface area contributed by atoms with E-state index < -0.39 is 11.7 Å². The van der Waals surface area contributed by atoms with Gasteiger partial charge in [-0.3, -0.25) is 9.36 Å². The van der Waals surface area contributed by atoms with E-state index in [-0.39, 0.29) is 5.91 Å². The number of nitrogens with zero attached hydrogens (tertiary/aromatic N) is 5. The quantitative estimate of drug-likeness (QED) is 0.573. The molecule has 126 valence electrons. The van der Waals surface area contributed by atoms with Crippen LogP contribution in [-0.4, -0.2) is 42.1 Å². The standard InChI is InChI=1S/C16H15N7O2/c1-9(15(24)17-2)23-14-11(20-16(23)25)8-18-13(21-14)10-7-19-22-6-4-3-5-12(10)22/h3-9H,1-2H3,(H,17,24)(H,20,25)/t9-/m0/s1. The largest absolute Gasteiger partial charge is 0.357 e. The Kier molecular flexibility index (Phi) is 3.34. The fraction of sp³-hybridized carbons (Fsp3) is 0.188. The number of likely N-dealkylation sites (N-methyl/N-ethyl adjacent to an activating group) is 1. The van der Waals surface area contributed by atoms with Crippen LogP contribution in [0.2, 0.25) is 0 Å². The highest BCUT2D eigenvalue weighted by molar-refractivity contribution is 5.83. The first kappa shape index (κ1) is 15.1. The molecular weight excluding hydrogens is 322 g/mol. The second-order valence-electron chi connectivity index (χ2n) is 5.61. The third-order valence-corrected chi connectivity index (χ3v) is 4.14. The number of carbonyl (C=O) groups is 1. The molecule has 25 heavy (non-hydrogen) atoms. The minimum Gasteiger partial charge on any atom is -0.357 e. The van der Waals surface area contributed by atoms with Gasteiger partial charge in [0.15, 0.2) is 11.5 Å². The lowest BCUT2D eigenvalue weighted by molar-refractivity contribution is -0.123. The van der Waals surface area contributed by atoms with Gasteiger partial charge in [0, 0.05) is 13.2 Å². The Morgan fingerprint density at radius 3 is 2.96 bits per heavy atom. The summed E-state index contributed by atoms with van der Waals surface area (Å²) in [6, 6.07) is 4.99. The van der Waals surface area contributed by atoms with Gasteiger partial charge in [0.1, 0.15) is 11.6 Å². The van der Waals surface area contributed by atoms with Crippen LogP contribution in [0, 0.1) is 0 Å². The molecule has 0 fully saturated rings. The van der Waals surface area contributed by atoms with Crippen molar-refractivity contribution in [1.82, 2.24) is 34.4 Å². The molecule has 0 saturated heterocycles. The minimum atomic E-state index is -0.696. The number of pyridine rings is 1. The van der Waals surface area contributed by atoms with E-state index in [1.54, 1.807) is 23.8 Å². The lowest BCUT2D eigenvalue weighted by atomic mass is 10.2. The Morgan fingerprint density at radius 2 is 2.16 bits per heavy atom. The molecular formula is C16H15N7O2. The van der Waals surface area contributed by atoms with Crippen LogP contribution in [-0.2, 0) is 4.79 Å². The predicted molar refractivity (Wildman–Crippen MR) is 91.1 cm³/mol. The molecule has 9 nitrogen and oxygen atoms in total. The van der Waals surface area contributed by atoms with Gasteiger partial charge in [-0.25, -0.2) is 19.3 Å². The molecule has 4 aromatic heterocycles. The maximum absolute atomic E-state index is 12.3. The van der Waals surface area contributed by atoms with Crippen molar-refractivity contribution in [1.29, 1.82) is 0 Å². The number of hydrogen-bond acceptors (Lipinski definition) is 5. The predicted octanol–water partition coefficient (Wildman–Crippen LogP) is 0.741. The van der Waals surface area contributed by atoms with Gasteiger partial charge in [-0.1, -0.05) is 6.07 Å². The van der Waals surface area contributed by atoms with Crippen LogP contribution in [0.5, 0.6) is 0 Å². The van der Waals surface area contributed by atoms with E-state index in [1.165, 1.54) is 11.6 Å². The van der Waals surface area contributed by atoms with Crippen molar-refractivity contribution in [2.24, 2.45) is 0 Å². The van der Waals surface area contributed by atoms with E-state index in [4.69, 9.17) is 0 Å². The van der Waals surface area contributed by atoms with Gasteiger partial charge in [0.2, 0.25) is 5.91 Å². The van der Waals surface area contributed by atoms with E-state index in [9.17, 15) is 9.59 Å². The van der Waals surface area contributed by atoms with Gasteiger partial charge in [-0.2, -0.15) is 5.10 Å². The Labute approximate surface area is 141 Å². The monoisotopic (exact) mass is 337 g/mol. The van der Waals surface area contributed by atoms with Crippen LogP contribution in [0.3, 0.4) is 0 Å². The minimum absolute atomic E-state index is 0.279. The number of H-pyrrole nitrogens is 1. The highest BCUT2D eigenvalue weighted by Gasteiger charge is 2.21. The fourth-order valence-electron chi connectivity index (χ4n) is 2.84. The Hall–Kier alpha value is -3.49. The molecule has 4 rings (SSSR count). The zero-order chi connectivity index (χ0) is 17.6. The average Bonchev–Trinajstić information content (AvgIpc) is 3.20. The van der Waals surface area contributed by atoms with Crippen LogP contribution in [0.15, 0.2) is 41.6 Å². The number of nitrogens with one attached hydrogen (secondary N) is 2. The summed E-state index contributed by atoms with van der Waals surface area (Å²) < 4.78 is 3.05. The lowest BCUT2D eigenvalue weighted by Crippen LogP contribution is -2.33. The van der Waals surface area contributed by atoms with Gasteiger partial charge < -0.3 is 10.3 Å². The zero-order valence-corrected chi connectivity index (χ0v) is 13.6. The van der Waals surface area contributed by atoms with E-state index in [0.717, 1.165) is 11.1 Å². The topological polar surface area (TPSA) is 110 Å². The molecule has 4 heterocycles. The highest BCUT2D eigenvalue weighted by Crippen LogP contribution is 2.22. The van der Waals surface area contributed by atoms with Gasteiger partial charge in [0.25, 0.3) is 0 Å². The molecule has 9 heteroatoms. The molecule has 0 saturated carbocycles. The molecule has 0 aliphatic heterocycles. The van der Waals surface area contributed by atoms with Crippen molar-refractivity contribution in [2.45, 2.75) is 13.0 Å². The molecule has 0 aliphatic rings. The first-order valence-electron chi connectivity index (χ1n) is 7.71.